The average molecular weight is 338 g/mol. The fourth-order valence-corrected chi connectivity index (χ4v) is 2.22. The minimum Gasteiger partial charge on any atom is -0.490 e. The third-order valence-electron chi connectivity index (χ3n) is 2.98. The van der Waals surface area contributed by atoms with E-state index in [9.17, 15) is 0 Å². The van der Waals surface area contributed by atoms with Crippen molar-refractivity contribution >= 4 is 17.5 Å². The van der Waals surface area contributed by atoms with Crippen LogP contribution in [0.3, 0.4) is 0 Å². The second-order valence-corrected chi connectivity index (χ2v) is 4.99. The highest BCUT2D eigenvalue weighted by Gasteiger charge is 2.12. The van der Waals surface area contributed by atoms with Gasteiger partial charge in [-0.15, -0.1) is 6.58 Å². The van der Waals surface area contributed by atoms with Crippen LogP contribution in [0.2, 0.25) is 5.02 Å². The summed E-state index contributed by atoms with van der Waals surface area (Å²) in [6.07, 6.45) is 1.72. The van der Waals surface area contributed by atoms with Crippen LogP contribution >= 0.6 is 11.6 Å². The molecule has 0 spiro atoms. The molecule has 1 aromatic heterocycles. The van der Waals surface area contributed by atoms with E-state index in [-0.39, 0.29) is 0 Å². The second kappa shape index (κ2) is 8.38. The van der Waals surface area contributed by atoms with Gasteiger partial charge in [-0.2, -0.15) is 0 Å². The molecule has 1 aromatic carbocycles. The lowest BCUT2D eigenvalue weighted by molar-refractivity contribution is 0.287. The van der Waals surface area contributed by atoms with Gasteiger partial charge in [-0.25, -0.2) is 4.68 Å². The number of aromatic nitrogens is 4. The molecule has 0 saturated heterocycles. The Morgan fingerprint density at radius 3 is 2.61 bits per heavy atom. The molecule has 0 saturated carbocycles. The van der Waals surface area contributed by atoms with E-state index in [1.807, 2.05) is 19.9 Å². The standard InChI is InChI=1S/C15H20ClN5O2/c1-4-7-21-15(18-19-20-21)17-10-11-8-13(22-5-2)14(23-6-3)9-12(11)16/h4,8-9H,1,5-7,10H2,2-3H3,(H,17,18,20). The van der Waals surface area contributed by atoms with Crippen LogP contribution in [0.1, 0.15) is 19.4 Å². The first-order chi connectivity index (χ1) is 11.2. The van der Waals surface area contributed by atoms with E-state index in [1.54, 1.807) is 16.8 Å². The number of rotatable bonds is 9. The Morgan fingerprint density at radius 2 is 1.96 bits per heavy atom. The minimum atomic E-state index is 0.461. The zero-order valence-corrected chi connectivity index (χ0v) is 14.0. The molecule has 0 atom stereocenters. The van der Waals surface area contributed by atoms with Crippen LogP contribution in [-0.4, -0.2) is 33.4 Å². The lowest BCUT2D eigenvalue weighted by Crippen LogP contribution is -2.09. The van der Waals surface area contributed by atoms with Crippen molar-refractivity contribution in [2.45, 2.75) is 26.9 Å². The fraction of sp³-hybridized carbons (Fsp3) is 0.400. The summed E-state index contributed by atoms with van der Waals surface area (Å²) in [6.45, 7) is 9.59. The van der Waals surface area contributed by atoms with E-state index in [2.05, 4.69) is 27.4 Å². The molecule has 0 aliphatic heterocycles. The summed E-state index contributed by atoms with van der Waals surface area (Å²) >= 11 is 6.33. The highest BCUT2D eigenvalue weighted by Crippen LogP contribution is 2.34. The average Bonchev–Trinajstić information content (AvgIpc) is 2.97. The van der Waals surface area contributed by atoms with Crippen molar-refractivity contribution in [1.82, 2.24) is 20.2 Å². The Bertz CT molecular complexity index is 659. The van der Waals surface area contributed by atoms with Gasteiger partial charge in [0, 0.05) is 17.6 Å². The summed E-state index contributed by atoms with van der Waals surface area (Å²) < 4.78 is 12.8. The van der Waals surface area contributed by atoms with Gasteiger partial charge in [0.05, 0.1) is 19.8 Å². The maximum absolute atomic E-state index is 6.33. The molecule has 0 amide bonds. The van der Waals surface area contributed by atoms with E-state index >= 15 is 0 Å². The van der Waals surface area contributed by atoms with Crippen LogP contribution in [-0.2, 0) is 13.1 Å². The fourth-order valence-electron chi connectivity index (χ4n) is 2.00. The van der Waals surface area contributed by atoms with E-state index in [1.165, 1.54) is 0 Å². The quantitative estimate of drug-likeness (QED) is 0.709. The first-order valence-corrected chi connectivity index (χ1v) is 7.76. The molecule has 8 heteroatoms. The Hall–Kier alpha value is -2.28. The number of benzene rings is 1. The van der Waals surface area contributed by atoms with E-state index in [0.717, 1.165) is 5.56 Å². The van der Waals surface area contributed by atoms with Crippen molar-refractivity contribution in [2.24, 2.45) is 0 Å². The number of nitrogens with one attached hydrogen (secondary N) is 1. The maximum atomic E-state index is 6.33. The number of hydrogen-bond donors (Lipinski definition) is 1. The highest BCUT2D eigenvalue weighted by molar-refractivity contribution is 6.31. The molecule has 0 radical (unpaired) electrons. The van der Waals surface area contributed by atoms with E-state index < -0.39 is 0 Å². The van der Waals surface area contributed by atoms with Crippen LogP contribution in [0, 0.1) is 0 Å². The number of anilines is 1. The Kier molecular flexibility index (Phi) is 6.22. The monoisotopic (exact) mass is 337 g/mol. The van der Waals surface area contributed by atoms with Gasteiger partial charge in [0.25, 0.3) is 0 Å². The number of tetrazole rings is 1. The molecule has 0 aliphatic rings. The van der Waals surface area contributed by atoms with Crippen molar-refractivity contribution in [3.8, 4) is 11.5 Å². The number of hydrogen-bond acceptors (Lipinski definition) is 6. The molecule has 0 unspecified atom stereocenters. The summed E-state index contributed by atoms with van der Waals surface area (Å²) in [7, 11) is 0. The van der Waals surface area contributed by atoms with Gasteiger partial charge in [0.2, 0.25) is 5.95 Å². The summed E-state index contributed by atoms with van der Waals surface area (Å²) in [5, 5.41) is 15.2. The van der Waals surface area contributed by atoms with Gasteiger partial charge in [-0.05, 0) is 35.9 Å². The molecular weight excluding hydrogens is 318 g/mol. The lowest BCUT2D eigenvalue weighted by Gasteiger charge is -2.14. The molecule has 0 aliphatic carbocycles. The maximum Gasteiger partial charge on any atom is 0.243 e. The van der Waals surface area contributed by atoms with Crippen molar-refractivity contribution < 1.29 is 9.47 Å². The van der Waals surface area contributed by atoms with Crippen LogP contribution < -0.4 is 14.8 Å². The molecule has 0 bridgehead atoms. The summed E-state index contributed by atoms with van der Waals surface area (Å²) in [6, 6.07) is 3.63. The SMILES string of the molecule is C=CCn1nnnc1NCc1cc(OCC)c(OCC)cc1Cl. The first-order valence-electron chi connectivity index (χ1n) is 7.38. The van der Waals surface area contributed by atoms with Crippen LogP contribution in [0.4, 0.5) is 5.95 Å². The minimum absolute atomic E-state index is 0.461. The molecule has 124 valence electrons. The molecule has 23 heavy (non-hydrogen) atoms. The third kappa shape index (κ3) is 4.35. The topological polar surface area (TPSA) is 74.1 Å². The van der Waals surface area contributed by atoms with E-state index in [0.29, 0.717) is 48.8 Å². The number of nitrogens with zero attached hydrogens (tertiary/aromatic N) is 4. The zero-order valence-electron chi connectivity index (χ0n) is 13.3. The van der Waals surface area contributed by atoms with Gasteiger partial charge in [-0.3, -0.25) is 0 Å². The predicted octanol–water partition coefficient (Wildman–Crippen LogP) is 2.92. The van der Waals surface area contributed by atoms with Gasteiger partial charge in [0.1, 0.15) is 0 Å². The van der Waals surface area contributed by atoms with Crippen molar-refractivity contribution in [1.29, 1.82) is 0 Å². The second-order valence-electron chi connectivity index (χ2n) is 4.58. The molecule has 2 aromatic rings. The van der Waals surface area contributed by atoms with Gasteiger partial charge >= 0.3 is 0 Å². The van der Waals surface area contributed by atoms with Gasteiger partial charge < -0.3 is 14.8 Å². The van der Waals surface area contributed by atoms with Gasteiger partial charge in [-0.1, -0.05) is 22.8 Å². The highest BCUT2D eigenvalue weighted by atomic mass is 35.5. The van der Waals surface area contributed by atoms with Crippen LogP contribution in [0.5, 0.6) is 11.5 Å². The Labute approximate surface area is 140 Å². The van der Waals surface area contributed by atoms with Crippen molar-refractivity contribution in [3.63, 3.8) is 0 Å². The number of halogens is 1. The van der Waals surface area contributed by atoms with E-state index in [4.69, 9.17) is 21.1 Å². The summed E-state index contributed by atoms with van der Waals surface area (Å²) in [5.74, 6) is 1.86. The number of allylic oxidation sites excluding steroid dienone is 1. The normalized spacial score (nSPS) is 10.4. The smallest absolute Gasteiger partial charge is 0.243 e. The molecule has 7 nitrogen and oxygen atoms in total. The van der Waals surface area contributed by atoms with Crippen LogP contribution in [0.25, 0.3) is 0 Å². The number of ether oxygens (including phenoxy) is 2. The molecule has 1 heterocycles. The molecule has 1 N–H and O–H groups in total. The summed E-state index contributed by atoms with van der Waals surface area (Å²) in [5.41, 5.74) is 0.867. The Morgan fingerprint density at radius 1 is 1.26 bits per heavy atom. The van der Waals surface area contributed by atoms with Crippen LogP contribution in [0.15, 0.2) is 24.8 Å². The van der Waals surface area contributed by atoms with Gasteiger partial charge in [0.15, 0.2) is 11.5 Å². The first kappa shape index (κ1) is 17.1. The molecular formula is C15H20ClN5O2. The largest absolute Gasteiger partial charge is 0.490 e. The van der Waals surface area contributed by atoms with Crippen molar-refractivity contribution in [2.75, 3.05) is 18.5 Å². The zero-order chi connectivity index (χ0) is 16.7. The predicted molar refractivity (Wildman–Crippen MR) is 89.1 cm³/mol. The molecule has 0 fully saturated rings. The lowest BCUT2D eigenvalue weighted by atomic mass is 10.2. The molecule has 2 rings (SSSR count). The Balaban J connectivity index is 2.17. The third-order valence-corrected chi connectivity index (χ3v) is 3.34. The summed E-state index contributed by atoms with van der Waals surface area (Å²) in [4.78, 5) is 0. The van der Waals surface area contributed by atoms with Crippen molar-refractivity contribution in [3.05, 3.63) is 35.4 Å².